The van der Waals surface area contributed by atoms with Crippen molar-refractivity contribution < 1.29 is 9.59 Å². The molecule has 31 heavy (non-hydrogen) atoms. The molecule has 1 aliphatic heterocycles. The summed E-state index contributed by atoms with van der Waals surface area (Å²) in [5.74, 6) is -0.688. The van der Waals surface area contributed by atoms with Gasteiger partial charge in [0.2, 0.25) is 12.1 Å². The van der Waals surface area contributed by atoms with E-state index in [-0.39, 0.29) is 18.2 Å². The third-order valence-electron chi connectivity index (χ3n) is 5.05. The van der Waals surface area contributed by atoms with Crippen molar-refractivity contribution in [3.63, 3.8) is 0 Å². The van der Waals surface area contributed by atoms with Gasteiger partial charge < -0.3 is 10.2 Å². The van der Waals surface area contributed by atoms with Crippen molar-refractivity contribution >= 4 is 46.4 Å². The van der Waals surface area contributed by atoms with E-state index >= 15 is 0 Å². The summed E-state index contributed by atoms with van der Waals surface area (Å²) < 4.78 is 0. The zero-order chi connectivity index (χ0) is 22.0. The molecule has 1 aliphatic rings. The van der Waals surface area contributed by atoms with Gasteiger partial charge in [0.05, 0.1) is 17.8 Å². The van der Waals surface area contributed by atoms with E-state index in [0.29, 0.717) is 21.3 Å². The highest BCUT2D eigenvalue weighted by molar-refractivity contribution is 6.35. The lowest BCUT2D eigenvalue weighted by Gasteiger charge is -2.21. The van der Waals surface area contributed by atoms with E-state index < -0.39 is 6.17 Å². The Morgan fingerprint density at radius 1 is 1.03 bits per heavy atom. The van der Waals surface area contributed by atoms with Crippen LogP contribution in [0.2, 0.25) is 10.0 Å². The number of nitrogens with one attached hydrogen (secondary N) is 1. The fraction of sp³-hybridized carbons (Fsp3) is 0.125. The topological polar surface area (TPSA) is 61.8 Å². The van der Waals surface area contributed by atoms with Crippen molar-refractivity contribution in [2.45, 2.75) is 12.6 Å². The molecule has 7 heteroatoms. The third kappa shape index (κ3) is 4.48. The molecule has 1 atom stereocenters. The van der Waals surface area contributed by atoms with E-state index in [1.165, 1.54) is 4.90 Å². The number of anilines is 1. The van der Waals surface area contributed by atoms with Gasteiger partial charge in [0.25, 0.3) is 5.91 Å². The Hall–Kier alpha value is -3.15. The van der Waals surface area contributed by atoms with Crippen molar-refractivity contribution in [2.24, 2.45) is 4.99 Å². The number of benzene rings is 3. The highest BCUT2D eigenvalue weighted by Crippen LogP contribution is 2.27. The molecule has 0 bridgehead atoms. The molecule has 0 fully saturated rings. The first-order valence-electron chi connectivity index (χ1n) is 9.67. The van der Waals surface area contributed by atoms with Crippen LogP contribution in [-0.2, 0) is 16.0 Å². The van der Waals surface area contributed by atoms with Crippen molar-refractivity contribution in [3.8, 4) is 0 Å². The molecule has 0 aliphatic carbocycles. The lowest BCUT2D eigenvalue weighted by Crippen LogP contribution is -2.46. The van der Waals surface area contributed by atoms with Crippen LogP contribution in [0.4, 0.5) is 5.69 Å². The molecule has 0 saturated heterocycles. The number of para-hydroxylation sites is 1. The number of rotatable bonds is 4. The van der Waals surface area contributed by atoms with Gasteiger partial charge in [0.1, 0.15) is 0 Å². The molecule has 1 heterocycles. The maximum absolute atomic E-state index is 13.1. The molecule has 4 rings (SSSR count). The maximum atomic E-state index is 13.1. The van der Waals surface area contributed by atoms with Crippen LogP contribution in [0.3, 0.4) is 0 Å². The molecule has 0 unspecified atom stereocenters. The van der Waals surface area contributed by atoms with Gasteiger partial charge in [-0.05, 0) is 23.8 Å². The molecule has 0 aromatic heterocycles. The molecule has 3 aromatic rings. The van der Waals surface area contributed by atoms with Crippen LogP contribution in [0, 0.1) is 0 Å². The minimum Gasteiger partial charge on any atom is -0.326 e. The van der Waals surface area contributed by atoms with Crippen molar-refractivity contribution in [1.29, 1.82) is 0 Å². The Balaban J connectivity index is 1.68. The van der Waals surface area contributed by atoms with Gasteiger partial charge in [0, 0.05) is 28.2 Å². The number of fused-ring (bicyclic) bond motifs is 1. The van der Waals surface area contributed by atoms with E-state index in [2.05, 4.69) is 10.3 Å². The number of carbonyl (C=O) groups excluding carboxylic acids is 2. The summed E-state index contributed by atoms with van der Waals surface area (Å²) in [6, 6.07) is 22.1. The van der Waals surface area contributed by atoms with E-state index in [0.717, 1.165) is 16.8 Å². The Labute approximate surface area is 190 Å². The summed E-state index contributed by atoms with van der Waals surface area (Å²) >= 11 is 12.1. The van der Waals surface area contributed by atoms with Crippen molar-refractivity contribution in [2.75, 3.05) is 11.9 Å². The summed E-state index contributed by atoms with van der Waals surface area (Å²) in [4.78, 5) is 32.1. The quantitative estimate of drug-likeness (QED) is 0.634. The molecule has 2 amide bonds. The first kappa shape index (κ1) is 21.1. The van der Waals surface area contributed by atoms with Gasteiger partial charge in [-0.2, -0.15) is 0 Å². The summed E-state index contributed by atoms with van der Waals surface area (Å²) in [7, 11) is 1.68. The molecular formula is C24H19Cl2N3O2. The Kier molecular flexibility index (Phi) is 6.07. The number of aliphatic imine (C=N–C) groups is 1. The van der Waals surface area contributed by atoms with Gasteiger partial charge in [-0.3, -0.25) is 9.59 Å². The van der Waals surface area contributed by atoms with Gasteiger partial charge in [-0.15, -0.1) is 0 Å². The zero-order valence-electron chi connectivity index (χ0n) is 16.7. The minimum atomic E-state index is -1.06. The predicted molar refractivity (Wildman–Crippen MR) is 124 cm³/mol. The number of carbonyl (C=O) groups is 2. The average molecular weight is 452 g/mol. The normalized spacial score (nSPS) is 15.7. The lowest BCUT2D eigenvalue weighted by molar-refractivity contribution is -0.126. The van der Waals surface area contributed by atoms with Crippen molar-refractivity contribution in [1.82, 2.24) is 5.32 Å². The average Bonchev–Trinajstić information content (AvgIpc) is 2.87. The van der Waals surface area contributed by atoms with Crippen LogP contribution in [0.15, 0.2) is 77.8 Å². The first-order valence-corrected chi connectivity index (χ1v) is 10.4. The Morgan fingerprint density at radius 2 is 1.74 bits per heavy atom. The number of halogens is 2. The highest BCUT2D eigenvalue weighted by Gasteiger charge is 2.30. The highest BCUT2D eigenvalue weighted by atomic mass is 35.5. The maximum Gasteiger partial charge on any atom is 0.272 e. The summed E-state index contributed by atoms with van der Waals surface area (Å²) in [5.41, 5.74) is 3.67. The van der Waals surface area contributed by atoms with Gasteiger partial charge >= 0.3 is 0 Å². The second-order valence-electron chi connectivity index (χ2n) is 7.14. The number of amides is 2. The molecule has 0 spiro atoms. The Morgan fingerprint density at radius 3 is 2.48 bits per heavy atom. The zero-order valence-corrected chi connectivity index (χ0v) is 18.2. The monoisotopic (exact) mass is 451 g/mol. The number of likely N-dealkylation sites (N-methyl/N-ethyl adjacent to an activating group) is 1. The second kappa shape index (κ2) is 8.92. The number of hydrogen-bond acceptors (Lipinski definition) is 3. The largest absolute Gasteiger partial charge is 0.326 e. The Bertz CT molecular complexity index is 1180. The fourth-order valence-corrected chi connectivity index (χ4v) is 3.96. The van der Waals surface area contributed by atoms with Gasteiger partial charge in [-0.1, -0.05) is 77.8 Å². The summed E-state index contributed by atoms with van der Waals surface area (Å²) in [5, 5.41) is 3.64. The van der Waals surface area contributed by atoms with E-state index in [1.54, 1.807) is 25.2 Å². The summed E-state index contributed by atoms with van der Waals surface area (Å²) in [6.07, 6.45) is -1.06. The molecule has 0 saturated carbocycles. The van der Waals surface area contributed by atoms with Crippen LogP contribution in [0.25, 0.3) is 0 Å². The minimum absolute atomic E-state index is 0.00658. The van der Waals surface area contributed by atoms with Crippen LogP contribution in [0.5, 0.6) is 0 Å². The third-order valence-corrected chi connectivity index (χ3v) is 5.64. The molecule has 1 N–H and O–H groups in total. The smallest absolute Gasteiger partial charge is 0.272 e. The predicted octanol–water partition coefficient (Wildman–Crippen LogP) is 4.49. The van der Waals surface area contributed by atoms with Crippen LogP contribution >= 0.6 is 23.2 Å². The standard InChI is InChI=1S/C24H19Cl2N3O2/c1-29-20-10-6-5-9-18(20)22(15-7-3-2-4-8-15)28-23(24(29)31)27-21(30)13-16-11-12-17(25)14-19(16)26/h2-12,14,23H,13H2,1H3,(H,27,30)/t23-/m1/s1. The second-order valence-corrected chi connectivity index (χ2v) is 7.98. The van der Waals surface area contributed by atoms with Gasteiger partial charge in [0.15, 0.2) is 0 Å². The van der Waals surface area contributed by atoms with Crippen LogP contribution in [0.1, 0.15) is 16.7 Å². The van der Waals surface area contributed by atoms with Crippen LogP contribution < -0.4 is 10.2 Å². The summed E-state index contributed by atoms with van der Waals surface area (Å²) in [6.45, 7) is 0. The molecule has 5 nitrogen and oxygen atoms in total. The van der Waals surface area contributed by atoms with E-state index in [1.807, 2.05) is 54.6 Å². The number of benzodiazepines with no additional fused rings is 1. The first-order chi connectivity index (χ1) is 14.9. The van der Waals surface area contributed by atoms with Crippen molar-refractivity contribution in [3.05, 3.63) is 99.5 Å². The van der Waals surface area contributed by atoms with E-state index in [4.69, 9.17) is 23.2 Å². The molecular weight excluding hydrogens is 433 g/mol. The number of nitrogens with zero attached hydrogens (tertiary/aromatic N) is 2. The molecule has 3 aromatic carbocycles. The van der Waals surface area contributed by atoms with Gasteiger partial charge in [-0.25, -0.2) is 4.99 Å². The molecule has 156 valence electrons. The number of hydrogen-bond donors (Lipinski definition) is 1. The van der Waals surface area contributed by atoms with Crippen LogP contribution in [-0.4, -0.2) is 30.7 Å². The molecule has 0 radical (unpaired) electrons. The van der Waals surface area contributed by atoms with E-state index in [9.17, 15) is 9.59 Å². The SMILES string of the molecule is CN1C(=O)[C@H](NC(=O)Cc2ccc(Cl)cc2Cl)N=C(c2ccccc2)c2ccccc21. The lowest BCUT2D eigenvalue weighted by atomic mass is 10.0. The fourth-order valence-electron chi connectivity index (χ4n) is 3.48.